The van der Waals surface area contributed by atoms with Crippen LogP contribution in [-0.4, -0.2) is 13.1 Å². The maximum atomic E-state index is 4.36. The molecule has 1 fully saturated rings. The van der Waals surface area contributed by atoms with Crippen LogP contribution in [0.3, 0.4) is 0 Å². The Hall–Kier alpha value is -0.340. The summed E-state index contributed by atoms with van der Waals surface area (Å²) >= 11 is 1.89. The number of hydrogen-bond donors (Lipinski definition) is 0. The monoisotopic (exact) mass is 180 g/mol. The van der Waals surface area contributed by atoms with Gasteiger partial charge in [0.15, 0.2) is 0 Å². The van der Waals surface area contributed by atoms with Crippen LogP contribution < -0.4 is 5.32 Å². The summed E-state index contributed by atoms with van der Waals surface area (Å²) in [5, 5.41) is 6.53. The lowest BCUT2D eigenvalue weighted by atomic mass is 9.94. The van der Waals surface area contributed by atoms with Gasteiger partial charge in [0.05, 0.1) is 0 Å². The first kappa shape index (κ1) is 8.27. The number of nitrogens with zero attached hydrogens (tertiary/aromatic N) is 1. The SMILES string of the molecule is c1csc(CC2CC[N]CC2)c1. The highest BCUT2D eigenvalue weighted by Gasteiger charge is 2.14. The van der Waals surface area contributed by atoms with Crippen molar-refractivity contribution in [2.75, 3.05) is 13.1 Å². The molecule has 1 aliphatic rings. The van der Waals surface area contributed by atoms with Crippen LogP contribution >= 0.6 is 11.3 Å². The molecule has 1 aromatic rings. The van der Waals surface area contributed by atoms with E-state index in [1.807, 2.05) is 11.3 Å². The molecule has 2 heterocycles. The van der Waals surface area contributed by atoms with Crippen molar-refractivity contribution in [3.8, 4) is 0 Å². The molecule has 0 atom stereocenters. The molecule has 0 amide bonds. The Kier molecular flexibility index (Phi) is 2.79. The van der Waals surface area contributed by atoms with Gasteiger partial charge in [0.2, 0.25) is 0 Å². The van der Waals surface area contributed by atoms with Gasteiger partial charge < -0.3 is 0 Å². The van der Waals surface area contributed by atoms with E-state index >= 15 is 0 Å². The molecule has 1 nitrogen and oxygen atoms in total. The predicted octanol–water partition coefficient (Wildman–Crippen LogP) is 2.30. The number of rotatable bonds is 2. The van der Waals surface area contributed by atoms with Crippen LogP contribution in [0.1, 0.15) is 17.7 Å². The molecule has 12 heavy (non-hydrogen) atoms. The molecule has 65 valence electrons. The second-order valence-electron chi connectivity index (χ2n) is 3.40. The van der Waals surface area contributed by atoms with E-state index in [2.05, 4.69) is 22.8 Å². The maximum Gasteiger partial charge on any atom is 0.0136 e. The summed E-state index contributed by atoms with van der Waals surface area (Å²) in [5.74, 6) is 0.904. The topological polar surface area (TPSA) is 14.1 Å². The van der Waals surface area contributed by atoms with Crippen LogP contribution in [0.25, 0.3) is 0 Å². The lowest BCUT2D eigenvalue weighted by molar-refractivity contribution is 0.369. The molecule has 0 saturated carbocycles. The minimum Gasteiger partial charge on any atom is -0.242 e. The Balaban J connectivity index is 1.86. The van der Waals surface area contributed by atoms with E-state index in [9.17, 15) is 0 Å². The van der Waals surface area contributed by atoms with Gasteiger partial charge in [0.25, 0.3) is 0 Å². The van der Waals surface area contributed by atoms with Crippen molar-refractivity contribution < 1.29 is 0 Å². The van der Waals surface area contributed by atoms with E-state index in [-0.39, 0.29) is 0 Å². The molecule has 0 unspecified atom stereocenters. The maximum absolute atomic E-state index is 4.36. The second-order valence-corrected chi connectivity index (χ2v) is 4.43. The summed E-state index contributed by atoms with van der Waals surface area (Å²) in [4.78, 5) is 1.54. The third kappa shape index (κ3) is 2.08. The summed E-state index contributed by atoms with van der Waals surface area (Å²) in [6, 6.07) is 4.39. The van der Waals surface area contributed by atoms with Crippen LogP contribution in [0, 0.1) is 5.92 Å². The Morgan fingerprint density at radius 2 is 2.25 bits per heavy atom. The van der Waals surface area contributed by atoms with Crippen molar-refractivity contribution >= 4 is 11.3 Å². The average molecular weight is 180 g/mol. The van der Waals surface area contributed by atoms with E-state index in [1.54, 1.807) is 4.88 Å². The van der Waals surface area contributed by atoms with E-state index in [1.165, 1.54) is 19.3 Å². The van der Waals surface area contributed by atoms with Gasteiger partial charge in [0, 0.05) is 18.0 Å². The number of thiophene rings is 1. The lowest BCUT2D eigenvalue weighted by Crippen LogP contribution is -2.23. The highest BCUT2D eigenvalue weighted by atomic mass is 32.1. The largest absolute Gasteiger partial charge is 0.242 e. The summed E-state index contributed by atoms with van der Waals surface area (Å²) in [6.07, 6.45) is 3.89. The quantitative estimate of drug-likeness (QED) is 0.663. The van der Waals surface area contributed by atoms with Crippen molar-refractivity contribution in [3.05, 3.63) is 22.4 Å². The van der Waals surface area contributed by atoms with Gasteiger partial charge in [-0.1, -0.05) is 6.07 Å². The molecule has 0 bridgehead atoms. The molecule has 1 saturated heterocycles. The van der Waals surface area contributed by atoms with Crippen molar-refractivity contribution in [2.45, 2.75) is 19.3 Å². The Morgan fingerprint density at radius 3 is 2.92 bits per heavy atom. The lowest BCUT2D eigenvalue weighted by Gasteiger charge is -2.20. The summed E-state index contributed by atoms with van der Waals surface area (Å²) in [5.41, 5.74) is 0. The highest BCUT2D eigenvalue weighted by molar-refractivity contribution is 7.09. The van der Waals surface area contributed by atoms with Crippen molar-refractivity contribution in [1.29, 1.82) is 0 Å². The zero-order chi connectivity index (χ0) is 8.23. The zero-order valence-corrected chi connectivity index (χ0v) is 8.02. The molecule has 2 heteroatoms. The third-order valence-electron chi connectivity index (χ3n) is 2.46. The first-order chi connectivity index (χ1) is 5.95. The van der Waals surface area contributed by atoms with E-state index in [4.69, 9.17) is 0 Å². The molecule has 2 rings (SSSR count). The molecular weight excluding hydrogens is 166 g/mol. The molecule has 0 spiro atoms. The molecule has 1 aromatic heterocycles. The molecular formula is C10H14NS. The van der Waals surface area contributed by atoms with Crippen LogP contribution in [0.4, 0.5) is 0 Å². The van der Waals surface area contributed by atoms with E-state index < -0.39 is 0 Å². The minimum atomic E-state index is 0.904. The van der Waals surface area contributed by atoms with Crippen molar-refractivity contribution in [2.24, 2.45) is 5.92 Å². The minimum absolute atomic E-state index is 0.904. The summed E-state index contributed by atoms with van der Waals surface area (Å²) in [7, 11) is 0. The Labute approximate surface area is 77.8 Å². The highest BCUT2D eigenvalue weighted by Crippen LogP contribution is 2.20. The smallest absolute Gasteiger partial charge is 0.0136 e. The van der Waals surface area contributed by atoms with Gasteiger partial charge in [0.1, 0.15) is 0 Å². The second kappa shape index (κ2) is 4.06. The van der Waals surface area contributed by atoms with Crippen molar-refractivity contribution in [3.63, 3.8) is 0 Å². The molecule has 0 N–H and O–H groups in total. The Bertz CT molecular complexity index is 212. The van der Waals surface area contributed by atoms with Crippen LogP contribution in [0.15, 0.2) is 17.5 Å². The predicted molar refractivity (Wildman–Crippen MR) is 52.6 cm³/mol. The van der Waals surface area contributed by atoms with Crippen molar-refractivity contribution in [1.82, 2.24) is 5.32 Å². The zero-order valence-electron chi connectivity index (χ0n) is 7.20. The number of piperidine rings is 1. The van der Waals surface area contributed by atoms with Gasteiger partial charge in [-0.15, -0.1) is 11.3 Å². The van der Waals surface area contributed by atoms with Crippen LogP contribution in [0.5, 0.6) is 0 Å². The van der Waals surface area contributed by atoms with Crippen LogP contribution in [0.2, 0.25) is 0 Å². The fourth-order valence-corrected chi connectivity index (χ4v) is 2.54. The van der Waals surface area contributed by atoms with Gasteiger partial charge in [-0.2, -0.15) is 0 Å². The Morgan fingerprint density at radius 1 is 1.42 bits per heavy atom. The van der Waals surface area contributed by atoms with E-state index in [0.717, 1.165) is 19.0 Å². The summed E-state index contributed by atoms with van der Waals surface area (Å²) < 4.78 is 0. The fourth-order valence-electron chi connectivity index (χ4n) is 1.72. The first-order valence-electron chi connectivity index (χ1n) is 4.61. The van der Waals surface area contributed by atoms with E-state index in [0.29, 0.717) is 0 Å². The fraction of sp³-hybridized carbons (Fsp3) is 0.600. The first-order valence-corrected chi connectivity index (χ1v) is 5.49. The molecule has 0 aromatic carbocycles. The molecule has 1 aliphatic heterocycles. The van der Waals surface area contributed by atoms with Crippen LogP contribution in [-0.2, 0) is 6.42 Å². The average Bonchev–Trinajstić information content (AvgIpc) is 2.59. The standard InChI is InChI=1S/C10H14NS/c1-2-10(12-7-1)8-9-3-5-11-6-4-9/h1-2,7,9H,3-6,8H2. The molecule has 0 aliphatic carbocycles. The van der Waals surface area contributed by atoms with Gasteiger partial charge >= 0.3 is 0 Å². The third-order valence-corrected chi connectivity index (χ3v) is 3.36. The normalized spacial score (nSPS) is 19.7. The number of hydrogen-bond acceptors (Lipinski definition) is 1. The van der Waals surface area contributed by atoms with Gasteiger partial charge in [-0.05, 0) is 36.6 Å². The van der Waals surface area contributed by atoms with Gasteiger partial charge in [-0.25, -0.2) is 5.32 Å². The summed E-state index contributed by atoms with van der Waals surface area (Å²) in [6.45, 7) is 2.19. The molecule has 1 radical (unpaired) electrons. The van der Waals surface area contributed by atoms with Gasteiger partial charge in [-0.3, -0.25) is 0 Å².